The molecule has 2 N–H and O–H groups in total. The van der Waals surface area contributed by atoms with E-state index in [1.54, 1.807) is 12.1 Å². The van der Waals surface area contributed by atoms with Gasteiger partial charge in [0, 0.05) is 13.1 Å². The minimum Gasteiger partial charge on any atom is -0.482 e. The van der Waals surface area contributed by atoms with Gasteiger partial charge in [0.25, 0.3) is 5.91 Å². The summed E-state index contributed by atoms with van der Waals surface area (Å²) in [5.41, 5.74) is 6.81. The number of anilines is 1. The van der Waals surface area contributed by atoms with Crippen molar-refractivity contribution in [1.29, 1.82) is 0 Å². The van der Waals surface area contributed by atoms with E-state index in [-0.39, 0.29) is 12.5 Å². The maximum absolute atomic E-state index is 12.2. The lowest BCUT2D eigenvalue weighted by Gasteiger charge is -2.41. The second-order valence-electron chi connectivity index (χ2n) is 5.91. The number of amides is 1. The Morgan fingerprint density at radius 1 is 1.24 bits per heavy atom. The first-order valence-electron chi connectivity index (χ1n) is 7.85. The van der Waals surface area contributed by atoms with Gasteiger partial charge in [0.15, 0.2) is 6.61 Å². The number of nitrogens with two attached hydrogens (primary N) is 1. The van der Waals surface area contributed by atoms with Gasteiger partial charge in [-0.15, -0.1) is 0 Å². The highest BCUT2D eigenvalue weighted by molar-refractivity contribution is 5.78. The van der Waals surface area contributed by atoms with E-state index in [0.717, 1.165) is 25.9 Å². The lowest BCUT2D eigenvalue weighted by atomic mass is 9.74. The van der Waals surface area contributed by atoms with Gasteiger partial charge in [0.1, 0.15) is 5.75 Å². The van der Waals surface area contributed by atoms with Crippen molar-refractivity contribution in [2.75, 3.05) is 25.4 Å². The van der Waals surface area contributed by atoms with Gasteiger partial charge >= 0.3 is 0 Å². The number of nitrogens with zero attached hydrogens (tertiary/aromatic N) is 1. The maximum atomic E-state index is 12.2. The van der Waals surface area contributed by atoms with E-state index in [1.807, 2.05) is 17.0 Å². The van der Waals surface area contributed by atoms with Crippen molar-refractivity contribution < 1.29 is 9.53 Å². The van der Waals surface area contributed by atoms with E-state index in [4.69, 9.17) is 10.5 Å². The second kappa shape index (κ2) is 6.83. The molecule has 0 aliphatic carbocycles. The molecule has 1 aliphatic heterocycles. The molecule has 1 aliphatic rings. The fourth-order valence-electron chi connectivity index (χ4n) is 3.03. The Labute approximate surface area is 127 Å². The van der Waals surface area contributed by atoms with Crippen molar-refractivity contribution in [2.45, 2.75) is 39.5 Å². The maximum Gasteiger partial charge on any atom is 0.260 e. The number of para-hydroxylation sites is 2. The zero-order chi connectivity index (χ0) is 15.3. The van der Waals surface area contributed by atoms with E-state index in [9.17, 15) is 4.79 Å². The average Bonchev–Trinajstić information content (AvgIpc) is 2.54. The summed E-state index contributed by atoms with van der Waals surface area (Å²) >= 11 is 0. The lowest BCUT2D eigenvalue weighted by Crippen LogP contribution is -2.44. The van der Waals surface area contributed by atoms with Gasteiger partial charge in [-0.1, -0.05) is 38.8 Å². The number of rotatable bonds is 5. The molecule has 1 amide bonds. The minimum atomic E-state index is 0.0547. The van der Waals surface area contributed by atoms with Crippen LogP contribution in [0.25, 0.3) is 0 Å². The van der Waals surface area contributed by atoms with E-state index >= 15 is 0 Å². The molecule has 0 atom stereocenters. The molecule has 1 fully saturated rings. The van der Waals surface area contributed by atoms with E-state index in [0.29, 0.717) is 16.9 Å². The number of hydrogen-bond donors (Lipinski definition) is 1. The van der Waals surface area contributed by atoms with Gasteiger partial charge in [-0.05, 0) is 30.4 Å². The molecule has 0 bridgehead atoms. The van der Waals surface area contributed by atoms with Crippen LogP contribution in [0.2, 0.25) is 0 Å². The normalized spacial score (nSPS) is 17.5. The topological polar surface area (TPSA) is 55.6 Å². The summed E-state index contributed by atoms with van der Waals surface area (Å²) in [4.78, 5) is 14.1. The SMILES string of the molecule is CCC1(CC)CCN(C(=O)COc2ccccc2N)CC1. The number of hydrogen-bond acceptors (Lipinski definition) is 3. The van der Waals surface area contributed by atoms with Crippen LogP contribution in [0.1, 0.15) is 39.5 Å². The molecule has 0 saturated carbocycles. The Kier molecular flexibility index (Phi) is 5.10. The average molecular weight is 290 g/mol. The predicted molar refractivity (Wildman–Crippen MR) is 85.2 cm³/mol. The summed E-state index contributed by atoms with van der Waals surface area (Å²) in [6.07, 6.45) is 4.59. The molecule has 0 unspecified atom stereocenters. The third-order valence-electron chi connectivity index (χ3n) is 4.95. The molecule has 1 saturated heterocycles. The summed E-state index contributed by atoms with van der Waals surface area (Å²) in [6, 6.07) is 7.27. The zero-order valence-electron chi connectivity index (χ0n) is 13.1. The van der Waals surface area contributed by atoms with Gasteiger partial charge in [0.2, 0.25) is 0 Å². The molecule has 2 rings (SSSR count). The van der Waals surface area contributed by atoms with E-state index in [2.05, 4.69) is 13.8 Å². The number of likely N-dealkylation sites (tertiary alicyclic amines) is 1. The number of benzene rings is 1. The van der Waals surface area contributed by atoms with Crippen LogP contribution in [0, 0.1) is 5.41 Å². The van der Waals surface area contributed by atoms with Crippen molar-refractivity contribution in [1.82, 2.24) is 4.90 Å². The van der Waals surface area contributed by atoms with E-state index < -0.39 is 0 Å². The number of piperidine rings is 1. The molecule has 21 heavy (non-hydrogen) atoms. The quantitative estimate of drug-likeness (QED) is 0.848. The molecule has 1 aromatic carbocycles. The Morgan fingerprint density at radius 3 is 2.43 bits per heavy atom. The number of ether oxygens (including phenoxy) is 1. The monoisotopic (exact) mass is 290 g/mol. The Morgan fingerprint density at radius 2 is 1.86 bits per heavy atom. The van der Waals surface area contributed by atoms with Crippen LogP contribution in [-0.2, 0) is 4.79 Å². The van der Waals surface area contributed by atoms with Crippen molar-refractivity contribution in [3.63, 3.8) is 0 Å². The minimum absolute atomic E-state index is 0.0547. The van der Waals surface area contributed by atoms with Crippen LogP contribution in [0.3, 0.4) is 0 Å². The van der Waals surface area contributed by atoms with Crippen molar-refractivity contribution in [3.05, 3.63) is 24.3 Å². The molecular weight excluding hydrogens is 264 g/mol. The predicted octanol–water partition coefficient (Wildman–Crippen LogP) is 3.08. The van der Waals surface area contributed by atoms with Gasteiger partial charge in [-0.25, -0.2) is 0 Å². The highest BCUT2D eigenvalue weighted by atomic mass is 16.5. The van der Waals surface area contributed by atoms with Gasteiger partial charge < -0.3 is 15.4 Å². The Balaban J connectivity index is 1.84. The molecule has 0 radical (unpaired) electrons. The molecular formula is C17H26N2O2. The van der Waals surface area contributed by atoms with Crippen LogP contribution >= 0.6 is 0 Å². The first kappa shape index (κ1) is 15.7. The fraction of sp³-hybridized carbons (Fsp3) is 0.588. The third kappa shape index (κ3) is 3.69. The van der Waals surface area contributed by atoms with Crippen LogP contribution in [0.5, 0.6) is 5.75 Å². The van der Waals surface area contributed by atoms with Crippen LogP contribution in [0.4, 0.5) is 5.69 Å². The number of carbonyl (C=O) groups is 1. The largest absolute Gasteiger partial charge is 0.482 e. The number of nitrogen functional groups attached to an aromatic ring is 1. The molecule has 1 aromatic rings. The first-order valence-corrected chi connectivity index (χ1v) is 7.85. The van der Waals surface area contributed by atoms with Crippen molar-refractivity contribution in [3.8, 4) is 5.75 Å². The Bertz CT molecular complexity index is 473. The van der Waals surface area contributed by atoms with Gasteiger partial charge in [-0.3, -0.25) is 4.79 Å². The fourth-order valence-corrected chi connectivity index (χ4v) is 3.03. The summed E-state index contributed by atoms with van der Waals surface area (Å²) in [5, 5.41) is 0. The summed E-state index contributed by atoms with van der Waals surface area (Å²) < 4.78 is 5.54. The third-order valence-corrected chi connectivity index (χ3v) is 4.95. The van der Waals surface area contributed by atoms with Crippen LogP contribution in [0.15, 0.2) is 24.3 Å². The standard InChI is InChI=1S/C17H26N2O2/c1-3-17(4-2)9-11-19(12-10-17)16(20)13-21-15-8-6-5-7-14(15)18/h5-8H,3-4,9-13,18H2,1-2H3. The summed E-state index contributed by atoms with van der Waals surface area (Å²) in [6.45, 7) is 6.26. The van der Waals surface area contributed by atoms with Crippen molar-refractivity contribution >= 4 is 11.6 Å². The first-order chi connectivity index (χ1) is 10.1. The summed E-state index contributed by atoms with van der Waals surface area (Å²) in [7, 11) is 0. The smallest absolute Gasteiger partial charge is 0.260 e. The molecule has 1 heterocycles. The Hall–Kier alpha value is -1.71. The summed E-state index contributed by atoms with van der Waals surface area (Å²) in [5.74, 6) is 0.637. The molecule has 4 heteroatoms. The van der Waals surface area contributed by atoms with Crippen LogP contribution < -0.4 is 10.5 Å². The number of carbonyl (C=O) groups excluding carboxylic acids is 1. The second-order valence-corrected chi connectivity index (χ2v) is 5.91. The lowest BCUT2D eigenvalue weighted by molar-refractivity contribution is -0.135. The molecule has 116 valence electrons. The van der Waals surface area contributed by atoms with E-state index in [1.165, 1.54) is 12.8 Å². The molecule has 0 aromatic heterocycles. The van der Waals surface area contributed by atoms with Gasteiger partial charge in [-0.2, -0.15) is 0 Å². The molecule has 0 spiro atoms. The highest BCUT2D eigenvalue weighted by Crippen LogP contribution is 2.37. The van der Waals surface area contributed by atoms with Crippen LogP contribution in [-0.4, -0.2) is 30.5 Å². The zero-order valence-corrected chi connectivity index (χ0v) is 13.1. The highest BCUT2D eigenvalue weighted by Gasteiger charge is 2.32. The van der Waals surface area contributed by atoms with Crippen molar-refractivity contribution in [2.24, 2.45) is 5.41 Å². The molecule has 4 nitrogen and oxygen atoms in total. The van der Waals surface area contributed by atoms with Gasteiger partial charge in [0.05, 0.1) is 5.69 Å².